The van der Waals surface area contributed by atoms with Crippen molar-refractivity contribution < 1.29 is 4.79 Å². The predicted molar refractivity (Wildman–Crippen MR) is 94.9 cm³/mol. The minimum atomic E-state index is -0.161. The second kappa shape index (κ2) is 7.37. The van der Waals surface area contributed by atoms with Crippen LogP contribution in [0.3, 0.4) is 0 Å². The summed E-state index contributed by atoms with van der Waals surface area (Å²) in [6, 6.07) is 9.72. The van der Waals surface area contributed by atoms with Crippen LogP contribution >= 0.6 is 11.3 Å². The number of carbonyl (C=O) groups is 1. The average molecular weight is 341 g/mol. The summed E-state index contributed by atoms with van der Waals surface area (Å²) >= 11 is 1.69. The van der Waals surface area contributed by atoms with Gasteiger partial charge in [0.25, 0.3) is 5.91 Å². The normalized spacial score (nSPS) is 12.3. The molecule has 3 heterocycles. The first-order chi connectivity index (χ1) is 11.6. The lowest BCUT2D eigenvalue weighted by Gasteiger charge is -2.23. The molecular weight excluding hydrogens is 322 g/mol. The van der Waals surface area contributed by atoms with Gasteiger partial charge in [-0.05, 0) is 43.7 Å². The zero-order valence-electron chi connectivity index (χ0n) is 13.6. The van der Waals surface area contributed by atoms with Crippen LogP contribution in [0.4, 0.5) is 0 Å². The molecule has 0 fully saturated rings. The van der Waals surface area contributed by atoms with E-state index in [-0.39, 0.29) is 11.9 Å². The van der Waals surface area contributed by atoms with Crippen molar-refractivity contribution in [2.75, 3.05) is 20.6 Å². The SMILES string of the molecule is CN(C)C(CNC(=O)c1cc(-c2ccncc2)n[nH]1)c1cccs1. The van der Waals surface area contributed by atoms with E-state index in [9.17, 15) is 4.79 Å². The first kappa shape index (κ1) is 16.4. The van der Waals surface area contributed by atoms with Gasteiger partial charge in [0.05, 0.1) is 11.7 Å². The van der Waals surface area contributed by atoms with Gasteiger partial charge in [-0.3, -0.25) is 14.9 Å². The van der Waals surface area contributed by atoms with E-state index in [4.69, 9.17) is 0 Å². The van der Waals surface area contributed by atoms with Crippen LogP contribution in [0.5, 0.6) is 0 Å². The highest BCUT2D eigenvalue weighted by molar-refractivity contribution is 7.10. The number of hydrogen-bond acceptors (Lipinski definition) is 5. The van der Waals surface area contributed by atoms with Gasteiger partial charge in [0.1, 0.15) is 5.69 Å². The molecule has 6 nitrogen and oxygen atoms in total. The van der Waals surface area contributed by atoms with E-state index in [0.717, 1.165) is 11.3 Å². The molecule has 0 aliphatic heterocycles. The number of H-pyrrole nitrogens is 1. The predicted octanol–water partition coefficient (Wildman–Crippen LogP) is 2.57. The van der Waals surface area contributed by atoms with Gasteiger partial charge in [-0.15, -0.1) is 11.3 Å². The maximum atomic E-state index is 12.4. The van der Waals surface area contributed by atoms with E-state index in [1.807, 2.05) is 37.7 Å². The van der Waals surface area contributed by atoms with Gasteiger partial charge in [-0.2, -0.15) is 5.10 Å². The van der Waals surface area contributed by atoms with E-state index in [2.05, 4.69) is 31.5 Å². The molecule has 3 rings (SSSR count). The van der Waals surface area contributed by atoms with Crippen molar-refractivity contribution in [3.8, 4) is 11.3 Å². The number of hydrogen-bond donors (Lipinski definition) is 2. The van der Waals surface area contributed by atoms with E-state index in [1.165, 1.54) is 4.88 Å². The van der Waals surface area contributed by atoms with Crippen LogP contribution in [0.2, 0.25) is 0 Å². The second-order valence-corrected chi connectivity index (χ2v) is 6.59. The Bertz CT molecular complexity index is 782. The molecule has 2 N–H and O–H groups in total. The van der Waals surface area contributed by atoms with E-state index >= 15 is 0 Å². The van der Waals surface area contributed by atoms with E-state index < -0.39 is 0 Å². The van der Waals surface area contributed by atoms with Gasteiger partial charge in [0, 0.05) is 29.4 Å². The van der Waals surface area contributed by atoms with Crippen LogP contribution in [0.15, 0.2) is 48.1 Å². The zero-order valence-corrected chi connectivity index (χ0v) is 14.4. The molecule has 0 saturated carbocycles. The Labute approximate surface area is 144 Å². The third-order valence-electron chi connectivity index (χ3n) is 3.75. The highest BCUT2D eigenvalue weighted by Crippen LogP contribution is 2.22. The van der Waals surface area contributed by atoms with Crippen LogP contribution in [-0.2, 0) is 0 Å². The van der Waals surface area contributed by atoms with Crippen molar-refractivity contribution in [3.63, 3.8) is 0 Å². The standard InChI is InChI=1S/C17H19N5OS/c1-22(2)15(16-4-3-9-24-16)11-19-17(23)14-10-13(20-21-14)12-5-7-18-8-6-12/h3-10,15H,11H2,1-2H3,(H,19,23)(H,20,21). The second-order valence-electron chi connectivity index (χ2n) is 5.61. The summed E-state index contributed by atoms with van der Waals surface area (Å²) in [5.74, 6) is -0.161. The fourth-order valence-electron chi connectivity index (χ4n) is 2.41. The minimum absolute atomic E-state index is 0.150. The molecule has 1 unspecified atom stereocenters. The van der Waals surface area contributed by atoms with Gasteiger partial charge in [0.15, 0.2) is 0 Å². The van der Waals surface area contributed by atoms with E-state index in [1.54, 1.807) is 29.8 Å². The van der Waals surface area contributed by atoms with Crippen molar-refractivity contribution in [1.29, 1.82) is 0 Å². The monoisotopic (exact) mass is 341 g/mol. The van der Waals surface area contributed by atoms with Crippen molar-refractivity contribution in [2.45, 2.75) is 6.04 Å². The smallest absolute Gasteiger partial charge is 0.269 e. The van der Waals surface area contributed by atoms with E-state index in [0.29, 0.717) is 12.2 Å². The lowest BCUT2D eigenvalue weighted by Crippen LogP contribution is -2.34. The molecule has 1 amide bonds. The number of likely N-dealkylation sites (N-methyl/N-ethyl adjacent to an activating group) is 1. The summed E-state index contributed by atoms with van der Waals surface area (Å²) < 4.78 is 0. The van der Waals surface area contributed by atoms with Crippen molar-refractivity contribution >= 4 is 17.2 Å². The number of amides is 1. The highest BCUT2D eigenvalue weighted by Gasteiger charge is 2.17. The van der Waals surface area contributed by atoms with Gasteiger partial charge in [-0.25, -0.2) is 0 Å². The zero-order chi connectivity index (χ0) is 16.9. The molecule has 0 aromatic carbocycles. The summed E-state index contributed by atoms with van der Waals surface area (Å²) in [5.41, 5.74) is 2.10. The molecular formula is C17H19N5OS. The summed E-state index contributed by atoms with van der Waals surface area (Å²) in [5, 5.41) is 12.0. The number of carbonyl (C=O) groups excluding carboxylic acids is 1. The molecule has 24 heavy (non-hydrogen) atoms. The molecule has 3 aromatic heterocycles. The molecule has 0 saturated heterocycles. The summed E-state index contributed by atoms with van der Waals surface area (Å²) in [7, 11) is 4.02. The molecule has 0 bridgehead atoms. The van der Waals surface area contributed by atoms with Crippen LogP contribution < -0.4 is 5.32 Å². The molecule has 3 aromatic rings. The fourth-order valence-corrected chi connectivity index (χ4v) is 3.33. The molecule has 0 aliphatic carbocycles. The Morgan fingerprint density at radius 2 is 2.12 bits per heavy atom. The van der Waals surface area contributed by atoms with Crippen molar-refractivity contribution in [2.24, 2.45) is 0 Å². The molecule has 0 aliphatic rings. The average Bonchev–Trinajstić information content (AvgIpc) is 3.27. The van der Waals surface area contributed by atoms with Gasteiger partial charge < -0.3 is 10.2 Å². The first-order valence-electron chi connectivity index (χ1n) is 7.59. The molecule has 0 radical (unpaired) electrons. The Balaban J connectivity index is 1.66. The molecule has 1 atom stereocenters. The number of nitrogens with one attached hydrogen (secondary N) is 2. The van der Waals surface area contributed by atoms with Crippen LogP contribution in [0.25, 0.3) is 11.3 Å². The third-order valence-corrected chi connectivity index (χ3v) is 4.72. The largest absolute Gasteiger partial charge is 0.349 e. The van der Waals surface area contributed by atoms with Crippen molar-refractivity contribution in [3.05, 3.63) is 58.7 Å². The highest BCUT2D eigenvalue weighted by atomic mass is 32.1. The van der Waals surface area contributed by atoms with Crippen LogP contribution in [0.1, 0.15) is 21.4 Å². The Hall–Kier alpha value is -2.51. The Morgan fingerprint density at radius 3 is 2.79 bits per heavy atom. The summed E-state index contributed by atoms with van der Waals surface area (Å²) in [6.07, 6.45) is 3.40. The van der Waals surface area contributed by atoms with Crippen LogP contribution in [-0.4, -0.2) is 46.6 Å². The molecule has 0 spiro atoms. The quantitative estimate of drug-likeness (QED) is 0.723. The minimum Gasteiger partial charge on any atom is -0.349 e. The number of pyridine rings is 1. The Kier molecular flexibility index (Phi) is 5.02. The molecule has 7 heteroatoms. The number of aromatic amines is 1. The van der Waals surface area contributed by atoms with Gasteiger partial charge in [-0.1, -0.05) is 6.07 Å². The van der Waals surface area contributed by atoms with Gasteiger partial charge in [0.2, 0.25) is 0 Å². The van der Waals surface area contributed by atoms with Crippen LogP contribution in [0, 0.1) is 0 Å². The maximum absolute atomic E-state index is 12.4. The summed E-state index contributed by atoms with van der Waals surface area (Å²) in [6.45, 7) is 0.538. The number of thiophene rings is 1. The van der Waals surface area contributed by atoms with Crippen molar-refractivity contribution in [1.82, 2.24) is 25.4 Å². The fraction of sp³-hybridized carbons (Fsp3) is 0.235. The third kappa shape index (κ3) is 3.69. The number of nitrogens with zero attached hydrogens (tertiary/aromatic N) is 3. The number of rotatable bonds is 6. The number of aromatic nitrogens is 3. The topological polar surface area (TPSA) is 73.9 Å². The maximum Gasteiger partial charge on any atom is 0.269 e. The lowest BCUT2D eigenvalue weighted by atomic mass is 10.2. The summed E-state index contributed by atoms with van der Waals surface area (Å²) in [4.78, 5) is 19.7. The Morgan fingerprint density at radius 1 is 1.33 bits per heavy atom. The first-order valence-corrected chi connectivity index (χ1v) is 8.47. The lowest BCUT2D eigenvalue weighted by molar-refractivity contribution is 0.0937. The molecule has 124 valence electrons. The van der Waals surface area contributed by atoms with Gasteiger partial charge >= 0.3 is 0 Å².